The summed E-state index contributed by atoms with van der Waals surface area (Å²) in [6.45, 7) is 0.552. The van der Waals surface area contributed by atoms with Crippen LogP contribution in [0.1, 0.15) is 25.1 Å². The molecule has 0 spiro atoms. The molecule has 2 amide bonds. The second-order valence-electron chi connectivity index (χ2n) is 7.14. The van der Waals surface area contributed by atoms with E-state index in [-0.39, 0.29) is 11.8 Å². The van der Waals surface area contributed by atoms with Crippen molar-refractivity contribution in [1.82, 2.24) is 15.3 Å². The van der Waals surface area contributed by atoms with E-state index in [4.69, 9.17) is 0 Å². The van der Waals surface area contributed by atoms with Crippen LogP contribution in [-0.4, -0.2) is 33.2 Å². The third-order valence-electron chi connectivity index (χ3n) is 5.34. The Morgan fingerprint density at radius 2 is 2.04 bits per heavy atom. The number of anilines is 1. The summed E-state index contributed by atoms with van der Waals surface area (Å²) < 4.78 is 0. The number of para-hydroxylation sites is 3. The number of imidazole rings is 1. The molecule has 2 N–H and O–H groups in total. The number of amides is 2. The number of carbonyl (C=O) groups is 2. The number of nitrogens with one attached hydrogen (secondary N) is 2. The maximum Gasteiger partial charge on any atom is 0.257 e. The zero-order valence-electron chi connectivity index (χ0n) is 15.3. The fourth-order valence-corrected chi connectivity index (χ4v) is 5.45. The van der Waals surface area contributed by atoms with Crippen LogP contribution in [0.3, 0.4) is 0 Å². The Balaban J connectivity index is 1.24. The van der Waals surface area contributed by atoms with Crippen molar-refractivity contribution >= 4 is 40.3 Å². The number of nitrogens with zero attached hydrogens (tertiary/aromatic N) is 2. The Kier molecular flexibility index (Phi) is 4.12. The van der Waals surface area contributed by atoms with Crippen molar-refractivity contribution in [1.29, 1.82) is 0 Å². The third-order valence-corrected chi connectivity index (χ3v) is 6.82. The summed E-state index contributed by atoms with van der Waals surface area (Å²) in [5.74, 6) is 0.868. The molecule has 1 fully saturated rings. The van der Waals surface area contributed by atoms with Crippen molar-refractivity contribution in [2.24, 2.45) is 0 Å². The molecule has 3 heterocycles. The molecule has 6 nitrogen and oxygen atoms in total. The predicted octanol–water partition coefficient (Wildman–Crippen LogP) is 3.24. The van der Waals surface area contributed by atoms with Gasteiger partial charge in [-0.1, -0.05) is 36.0 Å². The normalized spacial score (nSPS) is 20.4. The van der Waals surface area contributed by atoms with Crippen LogP contribution in [0.15, 0.2) is 53.4 Å². The number of aromatic amines is 1. The number of thioether (sulfide) groups is 1. The lowest BCUT2D eigenvalue weighted by Gasteiger charge is -2.29. The second kappa shape index (κ2) is 6.67. The standard InChI is InChI=1S/C21H20N4O2S/c26-19-11-12-21(25(19)16-8-3-4-9-17(16)28-21)20(27)22-13-5-10-18-23-14-6-1-2-7-15(14)24-18/h1-4,6-9H,5,10-13H2,(H,22,27)(H,23,24)/t21-/m1/s1. The van der Waals surface area contributed by atoms with E-state index in [1.54, 1.807) is 4.90 Å². The average molecular weight is 392 g/mol. The maximum absolute atomic E-state index is 13.1. The van der Waals surface area contributed by atoms with Crippen molar-refractivity contribution in [3.05, 3.63) is 54.4 Å². The summed E-state index contributed by atoms with van der Waals surface area (Å²) in [5, 5.41) is 3.05. The highest BCUT2D eigenvalue weighted by molar-refractivity contribution is 8.02. The lowest BCUT2D eigenvalue weighted by atomic mass is 10.1. The summed E-state index contributed by atoms with van der Waals surface area (Å²) in [6, 6.07) is 15.7. The molecule has 7 heteroatoms. The molecule has 3 aromatic rings. The number of H-pyrrole nitrogens is 1. The number of aromatic nitrogens is 2. The van der Waals surface area contributed by atoms with Gasteiger partial charge in [0, 0.05) is 24.3 Å². The van der Waals surface area contributed by atoms with Gasteiger partial charge in [-0.25, -0.2) is 4.98 Å². The molecule has 2 aliphatic rings. The monoisotopic (exact) mass is 392 g/mol. The van der Waals surface area contributed by atoms with E-state index in [2.05, 4.69) is 15.3 Å². The second-order valence-corrected chi connectivity index (χ2v) is 8.46. The Morgan fingerprint density at radius 3 is 2.93 bits per heavy atom. The molecule has 0 unspecified atom stereocenters. The molecule has 2 aromatic carbocycles. The zero-order valence-corrected chi connectivity index (χ0v) is 16.1. The van der Waals surface area contributed by atoms with Gasteiger partial charge in [0.2, 0.25) is 5.91 Å². The Morgan fingerprint density at radius 1 is 1.21 bits per heavy atom. The summed E-state index contributed by atoms with van der Waals surface area (Å²) in [5.41, 5.74) is 2.84. The smallest absolute Gasteiger partial charge is 0.257 e. The van der Waals surface area contributed by atoms with Crippen molar-refractivity contribution in [2.75, 3.05) is 11.4 Å². The van der Waals surface area contributed by atoms with Gasteiger partial charge in [0.05, 0.1) is 16.7 Å². The number of benzene rings is 2. The fraction of sp³-hybridized carbons (Fsp3) is 0.286. The van der Waals surface area contributed by atoms with Crippen molar-refractivity contribution in [3.8, 4) is 0 Å². The predicted molar refractivity (Wildman–Crippen MR) is 109 cm³/mol. The summed E-state index contributed by atoms with van der Waals surface area (Å²) in [6.07, 6.45) is 2.50. The Labute approximate surface area is 166 Å². The van der Waals surface area contributed by atoms with E-state index < -0.39 is 4.87 Å². The van der Waals surface area contributed by atoms with Crippen LogP contribution in [0, 0.1) is 0 Å². The molecule has 1 atom stereocenters. The first-order valence-corrected chi connectivity index (χ1v) is 10.3. The molecular formula is C21H20N4O2S. The molecule has 1 saturated heterocycles. The van der Waals surface area contributed by atoms with E-state index in [1.165, 1.54) is 11.8 Å². The zero-order chi connectivity index (χ0) is 19.1. The molecular weight excluding hydrogens is 372 g/mol. The van der Waals surface area contributed by atoms with Crippen LogP contribution in [0.5, 0.6) is 0 Å². The van der Waals surface area contributed by atoms with Crippen molar-refractivity contribution in [3.63, 3.8) is 0 Å². The van der Waals surface area contributed by atoms with Gasteiger partial charge < -0.3 is 10.3 Å². The number of hydrogen-bond donors (Lipinski definition) is 2. The molecule has 2 aliphatic heterocycles. The quantitative estimate of drug-likeness (QED) is 0.654. The Bertz CT molecular complexity index is 1050. The molecule has 0 saturated carbocycles. The fourth-order valence-electron chi connectivity index (χ4n) is 4.02. The number of hydrogen-bond acceptors (Lipinski definition) is 4. The minimum atomic E-state index is -0.833. The molecule has 142 valence electrons. The third kappa shape index (κ3) is 2.69. The van der Waals surface area contributed by atoms with Crippen LogP contribution < -0.4 is 10.2 Å². The lowest BCUT2D eigenvalue weighted by Crippen LogP contribution is -2.52. The summed E-state index contributed by atoms with van der Waals surface area (Å²) >= 11 is 1.50. The number of rotatable bonds is 5. The van der Waals surface area contributed by atoms with Crippen LogP contribution in [-0.2, 0) is 16.0 Å². The van der Waals surface area contributed by atoms with Crippen LogP contribution in [0.2, 0.25) is 0 Å². The topological polar surface area (TPSA) is 78.1 Å². The van der Waals surface area contributed by atoms with Gasteiger partial charge in [0.25, 0.3) is 5.91 Å². The highest BCUT2D eigenvalue weighted by Crippen LogP contribution is 2.55. The van der Waals surface area contributed by atoms with E-state index in [0.29, 0.717) is 19.4 Å². The van der Waals surface area contributed by atoms with Gasteiger partial charge in [0.1, 0.15) is 5.82 Å². The minimum absolute atomic E-state index is 0.0230. The number of fused-ring (bicyclic) bond motifs is 4. The molecule has 28 heavy (non-hydrogen) atoms. The SMILES string of the molecule is O=C1CC[C@]2(C(=O)NCCCc3nc4ccccc4[nH]3)Sc3ccccc3N12. The summed E-state index contributed by atoms with van der Waals surface area (Å²) in [4.78, 5) is 35.3. The van der Waals surface area contributed by atoms with E-state index in [0.717, 1.165) is 40.3 Å². The van der Waals surface area contributed by atoms with E-state index in [1.807, 2.05) is 48.5 Å². The minimum Gasteiger partial charge on any atom is -0.353 e. The molecule has 0 bridgehead atoms. The van der Waals surface area contributed by atoms with Gasteiger partial charge in [-0.05, 0) is 37.1 Å². The van der Waals surface area contributed by atoms with Gasteiger partial charge in [-0.2, -0.15) is 0 Å². The first-order chi connectivity index (χ1) is 13.7. The maximum atomic E-state index is 13.1. The van der Waals surface area contributed by atoms with Crippen LogP contribution in [0.25, 0.3) is 11.0 Å². The Hall–Kier alpha value is -2.80. The molecule has 1 aromatic heterocycles. The first-order valence-electron chi connectivity index (χ1n) is 9.50. The average Bonchev–Trinajstić information content (AvgIpc) is 3.36. The summed E-state index contributed by atoms with van der Waals surface area (Å²) in [7, 11) is 0. The first kappa shape index (κ1) is 17.3. The lowest BCUT2D eigenvalue weighted by molar-refractivity contribution is -0.124. The van der Waals surface area contributed by atoms with Gasteiger partial charge in [-0.3, -0.25) is 14.5 Å². The number of aryl methyl sites for hydroxylation is 1. The molecule has 5 rings (SSSR count). The van der Waals surface area contributed by atoms with Gasteiger partial charge in [-0.15, -0.1) is 0 Å². The van der Waals surface area contributed by atoms with Crippen LogP contribution in [0.4, 0.5) is 5.69 Å². The number of carbonyl (C=O) groups excluding carboxylic acids is 2. The van der Waals surface area contributed by atoms with Crippen molar-refractivity contribution in [2.45, 2.75) is 35.4 Å². The largest absolute Gasteiger partial charge is 0.353 e. The van der Waals surface area contributed by atoms with Gasteiger partial charge >= 0.3 is 0 Å². The van der Waals surface area contributed by atoms with Gasteiger partial charge in [0.15, 0.2) is 4.87 Å². The molecule has 0 aliphatic carbocycles. The highest BCUT2D eigenvalue weighted by atomic mass is 32.2. The highest BCUT2D eigenvalue weighted by Gasteiger charge is 2.57. The van der Waals surface area contributed by atoms with E-state index in [9.17, 15) is 9.59 Å². The van der Waals surface area contributed by atoms with Crippen LogP contribution >= 0.6 is 11.8 Å². The molecule has 0 radical (unpaired) electrons. The van der Waals surface area contributed by atoms with Crippen molar-refractivity contribution < 1.29 is 9.59 Å². The van der Waals surface area contributed by atoms with E-state index >= 15 is 0 Å².